The summed E-state index contributed by atoms with van der Waals surface area (Å²) in [7, 11) is 0. The summed E-state index contributed by atoms with van der Waals surface area (Å²) < 4.78 is 6.40. The molecule has 0 unspecified atom stereocenters. The van der Waals surface area contributed by atoms with Gasteiger partial charge in [0.15, 0.2) is 0 Å². The number of fused-ring (bicyclic) bond motifs is 2. The van der Waals surface area contributed by atoms with Crippen molar-refractivity contribution in [2.75, 3.05) is 6.54 Å². The van der Waals surface area contributed by atoms with Crippen LogP contribution >= 0.6 is 22.9 Å². The fourth-order valence-electron chi connectivity index (χ4n) is 3.85. The van der Waals surface area contributed by atoms with E-state index in [-0.39, 0.29) is 12.5 Å². The zero-order chi connectivity index (χ0) is 26.5. The minimum absolute atomic E-state index is 0.243. The van der Waals surface area contributed by atoms with Crippen LogP contribution in [0.2, 0.25) is 5.02 Å². The predicted octanol–water partition coefficient (Wildman–Crippen LogP) is 5.81. The average Bonchev–Trinajstić information content (AvgIpc) is 3.28. The lowest BCUT2D eigenvalue weighted by atomic mass is 10.0. The Morgan fingerprint density at radius 1 is 0.895 bits per heavy atom. The first-order valence-electron chi connectivity index (χ1n) is 11.6. The van der Waals surface area contributed by atoms with Gasteiger partial charge in [-0.2, -0.15) is 5.10 Å². The van der Waals surface area contributed by atoms with E-state index in [1.807, 2.05) is 54.6 Å². The minimum Gasteiger partial charge on any atom is -0.422 e. The highest BCUT2D eigenvalue weighted by Crippen LogP contribution is 2.35. The third-order valence-electron chi connectivity index (χ3n) is 5.64. The van der Waals surface area contributed by atoms with E-state index >= 15 is 0 Å². The first-order chi connectivity index (χ1) is 18.5. The van der Waals surface area contributed by atoms with Crippen molar-refractivity contribution in [1.82, 2.24) is 10.7 Å². The van der Waals surface area contributed by atoms with Gasteiger partial charge in [0.25, 0.3) is 11.8 Å². The molecule has 2 N–H and O–H groups in total. The minimum atomic E-state index is -0.555. The van der Waals surface area contributed by atoms with Crippen LogP contribution in [-0.2, 0) is 4.79 Å². The lowest BCUT2D eigenvalue weighted by Crippen LogP contribution is -2.35. The number of hydrazone groups is 1. The van der Waals surface area contributed by atoms with Gasteiger partial charge >= 0.3 is 5.97 Å². The Balaban J connectivity index is 1.16. The topological polar surface area (TPSA) is 96.9 Å². The Morgan fingerprint density at radius 3 is 2.47 bits per heavy atom. The van der Waals surface area contributed by atoms with E-state index in [0.29, 0.717) is 26.8 Å². The molecule has 2 amide bonds. The summed E-state index contributed by atoms with van der Waals surface area (Å²) in [5.41, 5.74) is 3.46. The monoisotopic (exact) mass is 541 g/mol. The lowest BCUT2D eigenvalue weighted by Gasteiger charge is -2.07. The summed E-state index contributed by atoms with van der Waals surface area (Å²) in [6.45, 7) is -0.243. The number of carbonyl (C=O) groups is 3. The van der Waals surface area contributed by atoms with Gasteiger partial charge in [0.1, 0.15) is 10.6 Å². The normalized spacial score (nSPS) is 11.1. The molecule has 0 radical (unpaired) electrons. The number of hydrogen-bond donors (Lipinski definition) is 2. The summed E-state index contributed by atoms with van der Waals surface area (Å²) in [5.74, 6) is -1.09. The standard InChI is InChI=1S/C29H20ClN3O4S/c30-26-23-12-3-4-14-24(23)38-27(26)29(36)37-20-10-5-7-18(15-20)16-32-33-25(34)17-31-28(35)22-13-6-9-19-8-1-2-11-21(19)22/h1-16H,17H2,(H,31,35)(H,33,34)/b32-16-. The second-order valence-corrected chi connectivity index (χ2v) is 9.64. The van der Waals surface area contributed by atoms with Crippen molar-refractivity contribution in [3.63, 3.8) is 0 Å². The number of hydrogen-bond acceptors (Lipinski definition) is 6. The number of benzene rings is 4. The van der Waals surface area contributed by atoms with Crippen LogP contribution in [-0.4, -0.2) is 30.5 Å². The van der Waals surface area contributed by atoms with Crippen molar-refractivity contribution in [1.29, 1.82) is 0 Å². The van der Waals surface area contributed by atoms with Gasteiger partial charge in [-0.05, 0) is 40.6 Å². The Kier molecular flexibility index (Phi) is 7.44. The highest BCUT2D eigenvalue weighted by atomic mass is 35.5. The van der Waals surface area contributed by atoms with E-state index in [9.17, 15) is 14.4 Å². The quantitative estimate of drug-likeness (QED) is 0.118. The number of esters is 1. The number of rotatable bonds is 7. The van der Waals surface area contributed by atoms with E-state index in [1.54, 1.807) is 36.4 Å². The number of carbonyl (C=O) groups excluding carboxylic acids is 3. The van der Waals surface area contributed by atoms with Crippen LogP contribution in [0.1, 0.15) is 25.6 Å². The molecule has 1 heterocycles. The number of amides is 2. The summed E-state index contributed by atoms with van der Waals surface area (Å²) >= 11 is 7.64. The maximum absolute atomic E-state index is 12.7. The number of nitrogens with zero attached hydrogens (tertiary/aromatic N) is 1. The maximum Gasteiger partial charge on any atom is 0.355 e. The molecule has 188 valence electrons. The molecule has 4 aromatic carbocycles. The third kappa shape index (κ3) is 5.56. The van der Waals surface area contributed by atoms with E-state index < -0.39 is 11.9 Å². The number of nitrogens with one attached hydrogen (secondary N) is 2. The molecule has 9 heteroatoms. The summed E-state index contributed by atoms with van der Waals surface area (Å²) in [6, 6.07) is 27.1. The SMILES string of the molecule is O=C(CNC(=O)c1cccc2ccccc12)N/N=C\c1cccc(OC(=O)c2sc3ccccc3c2Cl)c1. The smallest absolute Gasteiger partial charge is 0.355 e. The number of halogens is 1. The van der Waals surface area contributed by atoms with Crippen LogP contribution in [0.3, 0.4) is 0 Å². The second kappa shape index (κ2) is 11.2. The van der Waals surface area contributed by atoms with Gasteiger partial charge in [-0.15, -0.1) is 11.3 Å². The van der Waals surface area contributed by atoms with Crippen molar-refractivity contribution in [2.45, 2.75) is 0 Å². The molecule has 0 saturated carbocycles. The van der Waals surface area contributed by atoms with Gasteiger partial charge < -0.3 is 10.1 Å². The molecule has 0 atom stereocenters. The molecule has 0 saturated heterocycles. The van der Waals surface area contributed by atoms with Gasteiger partial charge in [-0.1, -0.05) is 78.3 Å². The van der Waals surface area contributed by atoms with Crippen LogP contribution in [0, 0.1) is 0 Å². The first kappa shape index (κ1) is 25.1. The first-order valence-corrected chi connectivity index (χ1v) is 12.8. The lowest BCUT2D eigenvalue weighted by molar-refractivity contribution is -0.120. The molecule has 1 aromatic heterocycles. The summed E-state index contributed by atoms with van der Waals surface area (Å²) in [4.78, 5) is 37.8. The van der Waals surface area contributed by atoms with Gasteiger partial charge in [-0.3, -0.25) is 9.59 Å². The highest BCUT2D eigenvalue weighted by Gasteiger charge is 2.19. The molecule has 0 aliphatic heterocycles. The fourth-order valence-corrected chi connectivity index (χ4v) is 5.24. The molecule has 5 aromatic rings. The molecule has 0 aliphatic rings. The summed E-state index contributed by atoms with van der Waals surface area (Å²) in [6.07, 6.45) is 1.41. The van der Waals surface area contributed by atoms with Crippen molar-refractivity contribution in [3.8, 4) is 5.75 Å². The molecule has 0 fully saturated rings. The Bertz CT molecular complexity index is 1710. The zero-order valence-corrected chi connectivity index (χ0v) is 21.4. The molecule has 0 aliphatic carbocycles. The fraction of sp³-hybridized carbons (Fsp3) is 0.0345. The number of ether oxygens (including phenoxy) is 1. The second-order valence-electron chi connectivity index (χ2n) is 8.21. The van der Waals surface area contributed by atoms with Crippen LogP contribution in [0.25, 0.3) is 20.9 Å². The van der Waals surface area contributed by atoms with E-state index in [1.165, 1.54) is 17.6 Å². The Morgan fingerprint density at radius 2 is 1.63 bits per heavy atom. The van der Waals surface area contributed by atoms with Crippen molar-refractivity contribution >= 4 is 67.8 Å². The van der Waals surface area contributed by atoms with E-state index in [2.05, 4.69) is 15.8 Å². The van der Waals surface area contributed by atoms with Crippen LogP contribution in [0.5, 0.6) is 5.75 Å². The van der Waals surface area contributed by atoms with Gasteiger partial charge in [-0.25, -0.2) is 10.2 Å². The van der Waals surface area contributed by atoms with Crippen molar-refractivity contribution in [2.24, 2.45) is 5.10 Å². The highest BCUT2D eigenvalue weighted by molar-refractivity contribution is 7.21. The molecular weight excluding hydrogens is 522 g/mol. The largest absolute Gasteiger partial charge is 0.422 e. The van der Waals surface area contributed by atoms with Gasteiger partial charge in [0, 0.05) is 15.6 Å². The van der Waals surface area contributed by atoms with Gasteiger partial charge in [0.05, 0.1) is 17.8 Å². The van der Waals surface area contributed by atoms with Crippen molar-refractivity contribution in [3.05, 3.63) is 112 Å². The molecule has 7 nitrogen and oxygen atoms in total. The zero-order valence-electron chi connectivity index (χ0n) is 19.8. The third-order valence-corrected chi connectivity index (χ3v) is 7.29. The molecule has 5 rings (SSSR count). The Hall–Kier alpha value is -4.53. The Labute approximate surface area is 226 Å². The molecular formula is C29H20ClN3O4S. The van der Waals surface area contributed by atoms with E-state index in [4.69, 9.17) is 16.3 Å². The molecule has 38 heavy (non-hydrogen) atoms. The maximum atomic E-state index is 12.7. The van der Waals surface area contributed by atoms with Gasteiger partial charge in [0.2, 0.25) is 0 Å². The number of thiophene rings is 1. The molecule has 0 bridgehead atoms. The van der Waals surface area contributed by atoms with Crippen molar-refractivity contribution < 1.29 is 19.1 Å². The van der Waals surface area contributed by atoms with E-state index in [0.717, 1.165) is 20.9 Å². The average molecular weight is 542 g/mol. The van der Waals surface area contributed by atoms with Crippen LogP contribution in [0.15, 0.2) is 96.1 Å². The van der Waals surface area contributed by atoms with Crippen LogP contribution in [0.4, 0.5) is 0 Å². The molecule has 0 spiro atoms. The predicted molar refractivity (Wildman–Crippen MR) is 150 cm³/mol. The van der Waals surface area contributed by atoms with Crippen LogP contribution < -0.4 is 15.5 Å². The summed E-state index contributed by atoms with van der Waals surface area (Å²) in [5, 5.41) is 9.45.